The monoisotopic (exact) mass is 407 g/mol. The van der Waals surface area contributed by atoms with Gasteiger partial charge in [-0.05, 0) is 29.7 Å². The van der Waals surface area contributed by atoms with Crippen LogP contribution in [0.2, 0.25) is 0 Å². The van der Waals surface area contributed by atoms with Crippen molar-refractivity contribution in [3.63, 3.8) is 0 Å². The maximum absolute atomic E-state index is 10.6. The molecular formula is C25H17N3O3. The van der Waals surface area contributed by atoms with Crippen molar-refractivity contribution in [2.75, 3.05) is 0 Å². The second kappa shape index (κ2) is 7.39. The van der Waals surface area contributed by atoms with E-state index in [2.05, 4.69) is 11.1 Å². The van der Waals surface area contributed by atoms with Crippen LogP contribution in [0.1, 0.15) is 22.8 Å². The molecule has 0 aliphatic carbocycles. The fraction of sp³-hybridized carbons (Fsp3) is 0.0400. The number of nitrogens with zero attached hydrogens (tertiary/aromatic N) is 2. The highest BCUT2D eigenvalue weighted by Gasteiger charge is 2.33. The Bertz CT molecular complexity index is 1390. The van der Waals surface area contributed by atoms with Gasteiger partial charge >= 0.3 is 0 Å². The summed E-state index contributed by atoms with van der Waals surface area (Å²) in [4.78, 5) is 4.61. The molecule has 1 unspecified atom stereocenters. The minimum absolute atomic E-state index is 0.00543. The van der Waals surface area contributed by atoms with E-state index in [-0.39, 0.29) is 17.2 Å². The van der Waals surface area contributed by atoms with Crippen LogP contribution < -0.4 is 10.5 Å². The Morgan fingerprint density at radius 3 is 2.71 bits per heavy atom. The predicted molar refractivity (Wildman–Crippen MR) is 117 cm³/mol. The smallest absolute Gasteiger partial charge is 0.205 e. The molecule has 4 aromatic rings. The van der Waals surface area contributed by atoms with E-state index in [4.69, 9.17) is 14.9 Å². The van der Waals surface area contributed by atoms with Crippen molar-refractivity contribution < 1.29 is 14.3 Å². The lowest BCUT2D eigenvalue weighted by molar-refractivity contribution is 0.379. The van der Waals surface area contributed by atoms with Crippen molar-refractivity contribution in [3.8, 4) is 17.6 Å². The molecule has 0 saturated heterocycles. The normalized spacial score (nSPS) is 15.6. The minimum atomic E-state index is -0.533. The molecule has 0 fully saturated rings. The number of nitrogens with two attached hydrogens (primary N) is 1. The maximum Gasteiger partial charge on any atom is 0.205 e. The summed E-state index contributed by atoms with van der Waals surface area (Å²) in [5.41, 5.74) is 8.16. The number of benzene rings is 3. The minimum Gasteiger partial charge on any atom is -0.507 e. The second-order valence-electron chi connectivity index (χ2n) is 7.15. The summed E-state index contributed by atoms with van der Waals surface area (Å²) in [5.74, 6) is 0.389. The van der Waals surface area contributed by atoms with Gasteiger partial charge in [0.2, 0.25) is 5.88 Å². The summed E-state index contributed by atoms with van der Waals surface area (Å²) in [6, 6.07) is 22.7. The van der Waals surface area contributed by atoms with Crippen LogP contribution >= 0.6 is 0 Å². The number of fused-ring (bicyclic) bond motifs is 2. The van der Waals surface area contributed by atoms with Gasteiger partial charge in [-0.25, -0.2) is 0 Å². The average molecular weight is 407 g/mol. The summed E-state index contributed by atoms with van der Waals surface area (Å²) in [6.45, 7) is 0. The Labute approximate surface area is 178 Å². The van der Waals surface area contributed by atoms with Gasteiger partial charge in [0.1, 0.15) is 28.9 Å². The van der Waals surface area contributed by atoms with Crippen molar-refractivity contribution in [1.82, 2.24) is 0 Å². The summed E-state index contributed by atoms with van der Waals surface area (Å²) in [5, 5.41) is 22.3. The molecule has 5 rings (SSSR count). The van der Waals surface area contributed by atoms with Crippen LogP contribution in [-0.2, 0) is 0 Å². The first kappa shape index (κ1) is 18.5. The molecule has 6 nitrogen and oxygen atoms in total. The Kier molecular flexibility index (Phi) is 4.42. The van der Waals surface area contributed by atoms with Crippen molar-refractivity contribution >= 4 is 22.7 Å². The Balaban J connectivity index is 1.61. The lowest BCUT2D eigenvalue weighted by Gasteiger charge is -2.25. The molecule has 6 heteroatoms. The highest BCUT2D eigenvalue weighted by Crippen LogP contribution is 2.44. The van der Waals surface area contributed by atoms with E-state index in [9.17, 15) is 10.4 Å². The van der Waals surface area contributed by atoms with E-state index in [0.717, 1.165) is 16.5 Å². The number of aliphatic imine (C=N–C) groups is 1. The van der Waals surface area contributed by atoms with E-state index in [1.807, 2.05) is 42.5 Å². The van der Waals surface area contributed by atoms with Gasteiger partial charge in [0.05, 0.1) is 17.9 Å². The van der Waals surface area contributed by atoms with Crippen LogP contribution in [0.3, 0.4) is 0 Å². The molecule has 0 radical (unpaired) electrons. The van der Waals surface area contributed by atoms with Crippen molar-refractivity contribution in [2.45, 2.75) is 5.92 Å². The molecule has 31 heavy (non-hydrogen) atoms. The second-order valence-corrected chi connectivity index (χ2v) is 7.15. The number of allylic oxidation sites excluding steroid dienone is 1. The van der Waals surface area contributed by atoms with Gasteiger partial charge in [-0.1, -0.05) is 36.4 Å². The number of nitriles is 1. The zero-order chi connectivity index (χ0) is 21.4. The maximum atomic E-state index is 10.6. The standard InChI is InChI=1S/C25H17N3O3/c26-13-19-24(22-9-4-10-30-22)18-11-16(21(29)12-23(18)31-25(19)27)14-28-20-8-3-6-15-5-1-2-7-17(15)20/h1-12,14,24,29H,27H2. The largest absolute Gasteiger partial charge is 0.507 e. The van der Waals surface area contributed by atoms with Crippen LogP contribution in [0.15, 0.2) is 93.9 Å². The first-order valence-corrected chi connectivity index (χ1v) is 9.65. The molecule has 0 amide bonds. The van der Waals surface area contributed by atoms with E-state index in [1.54, 1.807) is 30.7 Å². The highest BCUT2D eigenvalue weighted by molar-refractivity contribution is 5.96. The van der Waals surface area contributed by atoms with Gasteiger partial charge < -0.3 is 20.0 Å². The number of hydrogen-bond acceptors (Lipinski definition) is 6. The lowest BCUT2D eigenvalue weighted by atomic mass is 9.86. The van der Waals surface area contributed by atoms with Gasteiger partial charge in [-0.2, -0.15) is 5.26 Å². The van der Waals surface area contributed by atoms with Gasteiger partial charge in [0.15, 0.2) is 0 Å². The molecule has 2 heterocycles. The van der Waals surface area contributed by atoms with Crippen LogP contribution in [0.5, 0.6) is 11.5 Å². The molecular weight excluding hydrogens is 390 g/mol. The third-order valence-electron chi connectivity index (χ3n) is 5.30. The van der Waals surface area contributed by atoms with Crippen molar-refractivity contribution in [1.29, 1.82) is 5.26 Å². The van der Waals surface area contributed by atoms with Gasteiger partial charge in [-0.3, -0.25) is 4.99 Å². The fourth-order valence-corrected chi connectivity index (χ4v) is 3.82. The zero-order valence-electron chi connectivity index (χ0n) is 16.3. The van der Waals surface area contributed by atoms with Gasteiger partial charge in [0.25, 0.3) is 0 Å². The summed E-state index contributed by atoms with van der Waals surface area (Å²) in [7, 11) is 0. The first-order valence-electron chi connectivity index (χ1n) is 9.65. The Morgan fingerprint density at radius 1 is 1.06 bits per heavy atom. The molecule has 1 aliphatic heterocycles. The summed E-state index contributed by atoms with van der Waals surface area (Å²) in [6.07, 6.45) is 3.14. The quantitative estimate of drug-likeness (QED) is 0.459. The average Bonchev–Trinajstić information content (AvgIpc) is 3.31. The van der Waals surface area contributed by atoms with E-state index >= 15 is 0 Å². The lowest BCUT2D eigenvalue weighted by Crippen LogP contribution is -2.21. The molecule has 1 aromatic heterocycles. The van der Waals surface area contributed by atoms with E-state index < -0.39 is 5.92 Å². The first-order chi connectivity index (χ1) is 15.2. The number of hydrogen-bond donors (Lipinski definition) is 2. The molecule has 3 aromatic carbocycles. The number of ether oxygens (including phenoxy) is 1. The fourth-order valence-electron chi connectivity index (χ4n) is 3.82. The molecule has 0 bridgehead atoms. The van der Waals surface area contributed by atoms with Crippen LogP contribution in [-0.4, -0.2) is 11.3 Å². The number of aromatic hydroxyl groups is 1. The third-order valence-corrected chi connectivity index (χ3v) is 5.30. The SMILES string of the molecule is N#CC1=C(N)Oc2cc(O)c(C=Nc3cccc4ccccc34)cc2C1c1ccco1. The van der Waals surface area contributed by atoms with Gasteiger partial charge in [0, 0.05) is 28.8 Å². The number of phenolic OH excluding ortho intramolecular Hbond substituents is 1. The molecule has 150 valence electrons. The molecule has 1 aliphatic rings. The summed E-state index contributed by atoms with van der Waals surface area (Å²) >= 11 is 0. The van der Waals surface area contributed by atoms with Crippen LogP contribution in [0.25, 0.3) is 10.8 Å². The van der Waals surface area contributed by atoms with E-state index in [0.29, 0.717) is 22.6 Å². The molecule has 0 spiro atoms. The highest BCUT2D eigenvalue weighted by atomic mass is 16.5. The Morgan fingerprint density at radius 2 is 1.90 bits per heavy atom. The number of furan rings is 1. The van der Waals surface area contributed by atoms with Gasteiger partial charge in [-0.15, -0.1) is 0 Å². The third kappa shape index (κ3) is 3.18. The predicted octanol–water partition coefficient (Wildman–Crippen LogP) is 5.11. The number of phenols is 1. The van der Waals surface area contributed by atoms with E-state index in [1.165, 1.54) is 6.07 Å². The van der Waals surface area contributed by atoms with Crippen LogP contribution in [0.4, 0.5) is 5.69 Å². The summed E-state index contributed by atoms with van der Waals surface area (Å²) < 4.78 is 11.2. The zero-order valence-corrected chi connectivity index (χ0v) is 16.3. The van der Waals surface area contributed by atoms with Crippen molar-refractivity contribution in [2.24, 2.45) is 10.7 Å². The topological polar surface area (TPSA) is 105 Å². The van der Waals surface area contributed by atoms with Crippen LogP contribution in [0, 0.1) is 11.3 Å². The Hall–Kier alpha value is -4.50. The number of rotatable bonds is 3. The molecule has 3 N–H and O–H groups in total. The van der Waals surface area contributed by atoms with Crippen molar-refractivity contribution in [3.05, 3.63) is 101 Å². The molecule has 0 saturated carbocycles. The molecule has 1 atom stereocenters.